The number of hydrogen-bond donors (Lipinski definition) is 1. The first-order valence-electron chi connectivity index (χ1n) is 8.72. The first kappa shape index (κ1) is 21.4. The minimum atomic E-state index is -3.69. The lowest BCUT2D eigenvalue weighted by Crippen LogP contribution is -2.47. The number of carbonyl (C=O) groups is 2. The maximum atomic E-state index is 12.8. The van der Waals surface area contributed by atoms with Crippen LogP contribution in [0.25, 0.3) is 0 Å². The monoisotopic (exact) mass is 404 g/mol. The summed E-state index contributed by atoms with van der Waals surface area (Å²) in [4.78, 5) is 24.3. The van der Waals surface area contributed by atoms with Gasteiger partial charge < -0.3 is 10.1 Å². The van der Waals surface area contributed by atoms with Crippen molar-refractivity contribution in [3.05, 3.63) is 59.7 Å². The number of anilines is 2. The van der Waals surface area contributed by atoms with Crippen LogP contribution in [-0.2, 0) is 19.6 Å². The third kappa shape index (κ3) is 5.10. The summed E-state index contributed by atoms with van der Waals surface area (Å²) >= 11 is 0. The van der Waals surface area contributed by atoms with Crippen molar-refractivity contribution in [1.29, 1.82) is 0 Å². The van der Waals surface area contributed by atoms with Crippen LogP contribution in [0.1, 0.15) is 29.3 Å². The van der Waals surface area contributed by atoms with Gasteiger partial charge in [-0.1, -0.05) is 24.6 Å². The van der Waals surface area contributed by atoms with Crippen LogP contribution >= 0.6 is 0 Å². The van der Waals surface area contributed by atoms with Gasteiger partial charge in [0.1, 0.15) is 6.04 Å². The van der Waals surface area contributed by atoms with Crippen molar-refractivity contribution < 1.29 is 22.7 Å². The molecule has 0 bridgehead atoms. The summed E-state index contributed by atoms with van der Waals surface area (Å²) < 4.78 is 30.6. The van der Waals surface area contributed by atoms with Crippen LogP contribution in [0.2, 0.25) is 0 Å². The summed E-state index contributed by atoms with van der Waals surface area (Å²) in [6.45, 7) is 3.65. The Kier molecular flexibility index (Phi) is 6.80. The Morgan fingerprint density at radius 3 is 2.11 bits per heavy atom. The molecule has 0 aromatic heterocycles. The minimum Gasteiger partial charge on any atom is -0.465 e. The van der Waals surface area contributed by atoms with Crippen molar-refractivity contribution >= 4 is 33.3 Å². The molecule has 1 N–H and O–H groups in total. The van der Waals surface area contributed by atoms with Crippen LogP contribution in [0, 0.1) is 6.92 Å². The van der Waals surface area contributed by atoms with Gasteiger partial charge in [0.15, 0.2) is 0 Å². The molecule has 150 valence electrons. The fourth-order valence-electron chi connectivity index (χ4n) is 2.79. The number of sulfonamides is 1. The molecule has 0 heterocycles. The van der Waals surface area contributed by atoms with Crippen molar-refractivity contribution in [3.63, 3.8) is 0 Å². The summed E-state index contributed by atoms with van der Waals surface area (Å²) in [5.74, 6) is -0.939. The quantitative estimate of drug-likeness (QED) is 0.716. The van der Waals surface area contributed by atoms with Gasteiger partial charge in [-0.3, -0.25) is 9.10 Å². The zero-order valence-electron chi connectivity index (χ0n) is 16.3. The molecule has 28 heavy (non-hydrogen) atoms. The van der Waals surface area contributed by atoms with E-state index in [0.29, 0.717) is 16.9 Å². The number of methoxy groups -OCH3 is 1. The van der Waals surface area contributed by atoms with Crippen molar-refractivity contribution in [2.45, 2.75) is 26.3 Å². The molecule has 0 radical (unpaired) electrons. The third-order valence-corrected chi connectivity index (χ3v) is 5.37. The summed E-state index contributed by atoms with van der Waals surface area (Å²) in [5.41, 5.74) is 2.22. The van der Waals surface area contributed by atoms with Gasteiger partial charge in [-0.25, -0.2) is 13.2 Å². The molecule has 0 spiro atoms. The van der Waals surface area contributed by atoms with E-state index >= 15 is 0 Å². The van der Waals surface area contributed by atoms with Gasteiger partial charge >= 0.3 is 5.97 Å². The molecule has 1 atom stereocenters. The summed E-state index contributed by atoms with van der Waals surface area (Å²) in [6.07, 6.45) is 1.36. The first-order chi connectivity index (χ1) is 13.2. The molecular weight excluding hydrogens is 380 g/mol. The Balaban J connectivity index is 2.29. The summed E-state index contributed by atoms with van der Waals surface area (Å²) in [5, 5.41) is 2.71. The van der Waals surface area contributed by atoms with Gasteiger partial charge in [0.05, 0.1) is 24.6 Å². The van der Waals surface area contributed by atoms with Gasteiger partial charge in [0.2, 0.25) is 15.9 Å². The Morgan fingerprint density at radius 1 is 1.07 bits per heavy atom. The SMILES string of the molecule is CC[C@@H](C(=O)Nc1ccc(C(=O)OC)cc1)N(c1ccc(C)cc1)S(C)(=O)=O. The van der Waals surface area contributed by atoms with E-state index in [1.165, 1.54) is 19.2 Å². The Morgan fingerprint density at radius 2 is 1.64 bits per heavy atom. The second-order valence-corrected chi connectivity index (χ2v) is 8.24. The average Bonchev–Trinajstić information content (AvgIpc) is 2.66. The number of carbonyl (C=O) groups excluding carboxylic acids is 2. The van der Waals surface area contributed by atoms with E-state index in [1.807, 2.05) is 6.92 Å². The Hall–Kier alpha value is -2.87. The van der Waals surface area contributed by atoms with E-state index in [1.54, 1.807) is 43.3 Å². The van der Waals surface area contributed by atoms with Crippen molar-refractivity contribution in [3.8, 4) is 0 Å². The fourth-order valence-corrected chi connectivity index (χ4v) is 4.00. The standard InChI is InChI=1S/C20H24N2O5S/c1-5-18(22(28(4,25)26)17-12-6-14(2)7-13-17)19(23)21-16-10-8-15(9-11-16)20(24)27-3/h6-13,18H,5H2,1-4H3,(H,21,23)/t18-/m0/s1. The molecule has 2 aromatic carbocycles. The van der Waals surface area contributed by atoms with Crippen LogP contribution in [0.5, 0.6) is 0 Å². The molecule has 0 unspecified atom stereocenters. The van der Waals surface area contributed by atoms with E-state index < -0.39 is 27.9 Å². The number of ether oxygens (including phenoxy) is 1. The lowest BCUT2D eigenvalue weighted by Gasteiger charge is -2.30. The molecule has 0 fully saturated rings. The molecule has 2 rings (SSSR count). The number of hydrogen-bond acceptors (Lipinski definition) is 5. The predicted octanol–water partition coefficient (Wildman–Crippen LogP) is 2.96. The zero-order valence-corrected chi connectivity index (χ0v) is 17.1. The topological polar surface area (TPSA) is 92.8 Å². The number of nitrogens with zero attached hydrogens (tertiary/aromatic N) is 1. The van der Waals surface area contributed by atoms with Crippen molar-refractivity contribution in [1.82, 2.24) is 0 Å². The smallest absolute Gasteiger partial charge is 0.337 e. The van der Waals surface area contributed by atoms with Crippen LogP contribution in [0.3, 0.4) is 0 Å². The Bertz CT molecular complexity index is 938. The maximum Gasteiger partial charge on any atom is 0.337 e. The summed E-state index contributed by atoms with van der Waals surface area (Å²) in [7, 11) is -2.40. The molecular formula is C20H24N2O5S. The normalized spacial score (nSPS) is 12.1. The highest BCUT2D eigenvalue weighted by atomic mass is 32.2. The fraction of sp³-hybridized carbons (Fsp3) is 0.300. The van der Waals surface area contributed by atoms with Gasteiger partial charge in [-0.2, -0.15) is 0 Å². The number of esters is 1. The largest absolute Gasteiger partial charge is 0.465 e. The highest BCUT2D eigenvalue weighted by Crippen LogP contribution is 2.24. The minimum absolute atomic E-state index is 0.285. The van der Waals surface area contributed by atoms with Crippen LogP contribution in [0.15, 0.2) is 48.5 Å². The molecule has 8 heteroatoms. The second kappa shape index (κ2) is 8.88. The van der Waals surface area contributed by atoms with Gasteiger partial charge in [-0.15, -0.1) is 0 Å². The molecule has 7 nitrogen and oxygen atoms in total. The first-order valence-corrected chi connectivity index (χ1v) is 10.6. The van der Waals surface area contributed by atoms with E-state index in [0.717, 1.165) is 16.1 Å². The number of aryl methyl sites for hydroxylation is 1. The number of amides is 1. The van der Waals surface area contributed by atoms with E-state index in [-0.39, 0.29) is 6.42 Å². The number of nitrogens with one attached hydrogen (secondary N) is 1. The maximum absolute atomic E-state index is 12.8. The third-order valence-electron chi connectivity index (χ3n) is 4.19. The molecule has 0 aliphatic rings. The van der Waals surface area contributed by atoms with Crippen LogP contribution < -0.4 is 9.62 Å². The van der Waals surface area contributed by atoms with Crippen LogP contribution in [-0.4, -0.2) is 39.7 Å². The Labute approximate surface area is 165 Å². The van der Waals surface area contributed by atoms with E-state index in [4.69, 9.17) is 0 Å². The van der Waals surface area contributed by atoms with Crippen LogP contribution in [0.4, 0.5) is 11.4 Å². The number of rotatable bonds is 7. The highest BCUT2D eigenvalue weighted by molar-refractivity contribution is 7.92. The van der Waals surface area contributed by atoms with Gasteiger partial charge in [0.25, 0.3) is 0 Å². The average molecular weight is 404 g/mol. The lowest BCUT2D eigenvalue weighted by atomic mass is 10.1. The second-order valence-electron chi connectivity index (χ2n) is 6.38. The molecule has 0 aliphatic carbocycles. The molecule has 1 amide bonds. The highest BCUT2D eigenvalue weighted by Gasteiger charge is 2.31. The molecule has 0 saturated heterocycles. The number of benzene rings is 2. The van der Waals surface area contributed by atoms with Gasteiger partial charge in [0, 0.05) is 5.69 Å². The summed E-state index contributed by atoms with van der Waals surface area (Å²) in [6, 6.07) is 12.2. The zero-order chi connectivity index (χ0) is 20.9. The van der Waals surface area contributed by atoms with E-state index in [9.17, 15) is 18.0 Å². The van der Waals surface area contributed by atoms with E-state index in [2.05, 4.69) is 10.1 Å². The molecule has 0 saturated carbocycles. The lowest BCUT2D eigenvalue weighted by molar-refractivity contribution is -0.117. The molecule has 0 aliphatic heterocycles. The van der Waals surface area contributed by atoms with Crippen molar-refractivity contribution in [2.24, 2.45) is 0 Å². The van der Waals surface area contributed by atoms with Gasteiger partial charge in [-0.05, 0) is 49.7 Å². The molecule has 2 aromatic rings. The van der Waals surface area contributed by atoms with Crippen molar-refractivity contribution in [2.75, 3.05) is 23.0 Å². The predicted molar refractivity (Wildman–Crippen MR) is 109 cm³/mol.